The lowest BCUT2D eigenvalue weighted by Crippen LogP contribution is -2.51. The van der Waals surface area contributed by atoms with Gasteiger partial charge in [0.1, 0.15) is 29.6 Å². The van der Waals surface area contributed by atoms with E-state index < -0.39 is 5.66 Å². The van der Waals surface area contributed by atoms with Gasteiger partial charge in [0.25, 0.3) is 11.8 Å². The summed E-state index contributed by atoms with van der Waals surface area (Å²) in [6, 6.07) is 22.8. The summed E-state index contributed by atoms with van der Waals surface area (Å²) in [5, 5.41) is 6.85. The van der Waals surface area contributed by atoms with E-state index in [-0.39, 0.29) is 30.2 Å². The van der Waals surface area contributed by atoms with Gasteiger partial charge in [-0.25, -0.2) is 11.4 Å². The third-order valence-electron chi connectivity index (χ3n) is 9.91. The van der Waals surface area contributed by atoms with E-state index in [4.69, 9.17) is 32.9 Å². The van der Waals surface area contributed by atoms with Crippen LogP contribution in [0.5, 0.6) is 5.75 Å². The molecule has 1 aliphatic heterocycles. The van der Waals surface area contributed by atoms with Crippen LogP contribution < -0.4 is 27.2 Å². The summed E-state index contributed by atoms with van der Waals surface area (Å²) in [5.74, 6) is 7.02. The largest absolute Gasteiger partial charge is 0.487 e. The fourth-order valence-electron chi connectivity index (χ4n) is 7.08. The lowest BCUT2D eigenvalue weighted by atomic mass is 9.76. The molecule has 11 heteroatoms. The molecule has 0 saturated heterocycles. The molecule has 6 rings (SSSR count). The number of benzene rings is 3. The van der Waals surface area contributed by atoms with E-state index in [1.54, 1.807) is 18.2 Å². The van der Waals surface area contributed by atoms with Crippen LogP contribution in [0.2, 0.25) is 5.02 Å². The van der Waals surface area contributed by atoms with Crippen LogP contribution in [-0.2, 0) is 11.4 Å². The minimum Gasteiger partial charge on any atom is -0.487 e. The van der Waals surface area contributed by atoms with Gasteiger partial charge in [0, 0.05) is 11.1 Å². The molecule has 2 aliphatic carbocycles. The van der Waals surface area contributed by atoms with Gasteiger partial charge in [-0.3, -0.25) is 14.6 Å². The summed E-state index contributed by atoms with van der Waals surface area (Å²) in [6.45, 7) is 5.01. The number of hydrazine groups is 1. The lowest BCUT2D eigenvalue weighted by Gasteiger charge is -2.46. The number of hydrazone groups is 1. The van der Waals surface area contributed by atoms with Crippen molar-refractivity contribution in [2.24, 2.45) is 39.4 Å². The number of nitrogens with two attached hydrogens (primary N) is 2. The van der Waals surface area contributed by atoms with E-state index in [1.165, 1.54) is 0 Å². The van der Waals surface area contributed by atoms with Crippen LogP contribution in [0.4, 0.5) is 0 Å². The first-order valence-corrected chi connectivity index (χ1v) is 17.1. The summed E-state index contributed by atoms with van der Waals surface area (Å²) in [6.07, 6.45) is 5.69. The molecule has 0 aromatic heterocycles. The van der Waals surface area contributed by atoms with Crippen molar-refractivity contribution in [2.75, 3.05) is 6.54 Å². The van der Waals surface area contributed by atoms with E-state index >= 15 is 0 Å². The zero-order valence-electron chi connectivity index (χ0n) is 27.5. The number of hydrogen-bond acceptors (Lipinski definition) is 7. The molecule has 0 unspecified atom stereocenters. The minimum atomic E-state index is -0.635. The number of aliphatic imine (C=N–C) groups is 1. The standard InChI is InChI=1S/C37H44ClN7O3/c1-23(2)25-16-18-37(19-17-25)42-33(29-14-15-31(30(38)20-29)48-22-24-6-4-3-5-7-24)36(47)45(37)34(26-8-9-26)27-10-12-28(13-11-27)35(46)41-21-32(39)43-44-40/h3-7,10-15,20,23,25-26,34,44H,8-9,16-19,21-22,40H2,1-2H3,(H2,39,43)(H,41,46)/t25?,34-,37?/m1/s1. The summed E-state index contributed by atoms with van der Waals surface area (Å²) < 4.78 is 6.02. The normalized spacial score (nSPS) is 21.7. The Morgan fingerprint density at radius 1 is 1.04 bits per heavy atom. The molecule has 3 aliphatic rings. The van der Waals surface area contributed by atoms with Crippen LogP contribution in [0.25, 0.3) is 0 Å². The minimum absolute atomic E-state index is 0.0575. The molecule has 1 heterocycles. The predicted octanol–water partition coefficient (Wildman–Crippen LogP) is 5.71. The number of rotatable bonds is 12. The highest BCUT2D eigenvalue weighted by Gasteiger charge is 2.54. The van der Waals surface area contributed by atoms with Crippen molar-refractivity contribution < 1.29 is 14.3 Å². The molecule has 48 heavy (non-hydrogen) atoms. The fraction of sp³-hybridized carbons (Fsp3) is 0.405. The van der Waals surface area contributed by atoms with Crippen molar-refractivity contribution in [3.05, 3.63) is 100 Å². The van der Waals surface area contributed by atoms with Crippen molar-refractivity contribution >= 4 is 35.0 Å². The van der Waals surface area contributed by atoms with E-state index in [2.05, 4.69) is 34.7 Å². The molecular weight excluding hydrogens is 626 g/mol. The molecule has 0 bridgehead atoms. The Hall–Kier alpha value is -4.41. The highest BCUT2D eigenvalue weighted by molar-refractivity contribution is 6.47. The maximum absolute atomic E-state index is 14.6. The monoisotopic (exact) mass is 669 g/mol. The molecule has 3 aromatic rings. The number of nitrogens with one attached hydrogen (secondary N) is 2. The Labute approximate surface area is 286 Å². The average molecular weight is 670 g/mol. The van der Waals surface area contributed by atoms with Gasteiger partial charge in [-0.1, -0.05) is 67.9 Å². The Morgan fingerprint density at radius 2 is 1.75 bits per heavy atom. The molecule has 252 valence electrons. The van der Waals surface area contributed by atoms with Gasteiger partial charge in [-0.15, -0.1) is 0 Å². The second-order valence-corrected chi connectivity index (χ2v) is 13.8. The maximum atomic E-state index is 14.6. The molecule has 2 saturated carbocycles. The molecule has 6 N–H and O–H groups in total. The van der Waals surface area contributed by atoms with Crippen molar-refractivity contribution in [3.8, 4) is 5.75 Å². The van der Waals surface area contributed by atoms with Crippen LogP contribution in [0, 0.1) is 17.8 Å². The molecule has 10 nitrogen and oxygen atoms in total. The van der Waals surface area contributed by atoms with Gasteiger partial charge in [0.15, 0.2) is 0 Å². The summed E-state index contributed by atoms with van der Waals surface area (Å²) >= 11 is 6.74. The molecule has 3 aromatic carbocycles. The van der Waals surface area contributed by atoms with Gasteiger partial charge in [-0.05, 0) is 97.7 Å². The van der Waals surface area contributed by atoms with Crippen LogP contribution >= 0.6 is 11.6 Å². The fourth-order valence-corrected chi connectivity index (χ4v) is 7.31. The van der Waals surface area contributed by atoms with Gasteiger partial charge >= 0.3 is 0 Å². The number of carbonyl (C=O) groups excluding carboxylic acids is 2. The quantitative estimate of drug-likeness (QED) is 0.0841. The third kappa shape index (κ3) is 7.19. The van der Waals surface area contributed by atoms with Crippen molar-refractivity contribution in [1.29, 1.82) is 0 Å². The number of carbonyl (C=O) groups is 2. The second kappa shape index (κ2) is 14.4. The van der Waals surface area contributed by atoms with E-state index in [0.717, 1.165) is 49.7 Å². The van der Waals surface area contributed by atoms with Crippen LogP contribution in [-0.4, -0.2) is 40.5 Å². The highest BCUT2D eigenvalue weighted by atomic mass is 35.5. The van der Waals surface area contributed by atoms with Gasteiger partial charge in [-0.2, -0.15) is 5.10 Å². The van der Waals surface area contributed by atoms with Crippen molar-refractivity contribution in [3.63, 3.8) is 0 Å². The van der Waals surface area contributed by atoms with Crippen LogP contribution in [0.3, 0.4) is 0 Å². The Morgan fingerprint density at radius 3 is 2.38 bits per heavy atom. The number of halogens is 1. The molecule has 0 radical (unpaired) electrons. The van der Waals surface area contributed by atoms with Gasteiger partial charge in [0.05, 0.1) is 17.6 Å². The SMILES string of the molecule is CC(C)C1CCC2(CC1)N=C(c1ccc(OCc3ccccc3)c(Cl)c1)C(=O)N2[C@@H](c1ccc(C(=O)NCC(N)=NNN)cc1)C1CC1. The Balaban J connectivity index is 1.28. The number of nitrogens with zero attached hydrogens (tertiary/aromatic N) is 3. The van der Waals surface area contributed by atoms with Gasteiger partial charge in [0.2, 0.25) is 0 Å². The second-order valence-electron chi connectivity index (χ2n) is 13.4. The first-order valence-electron chi connectivity index (χ1n) is 16.7. The van der Waals surface area contributed by atoms with Crippen LogP contribution in [0.1, 0.15) is 85.5 Å². The third-order valence-corrected chi connectivity index (χ3v) is 10.2. The topological polar surface area (TPSA) is 147 Å². The summed E-state index contributed by atoms with van der Waals surface area (Å²) in [7, 11) is 0. The van der Waals surface area contributed by atoms with Crippen molar-refractivity contribution in [1.82, 2.24) is 15.8 Å². The molecule has 1 spiro atoms. The zero-order chi connectivity index (χ0) is 33.8. The first-order chi connectivity index (χ1) is 23.2. The maximum Gasteiger partial charge on any atom is 0.275 e. The van der Waals surface area contributed by atoms with Crippen molar-refractivity contribution in [2.45, 2.75) is 70.7 Å². The highest BCUT2D eigenvalue weighted by Crippen LogP contribution is 2.53. The number of amides is 2. The van der Waals surface area contributed by atoms with E-state index in [9.17, 15) is 9.59 Å². The predicted molar refractivity (Wildman–Crippen MR) is 188 cm³/mol. The average Bonchev–Trinajstić information content (AvgIpc) is 3.90. The summed E-state index contributed by atoms with van der Waals surface area (Å²) in [4.78, 5) is 34.9. The molecule has 1 atom stereocenters. The van der Waals surface area contributed by atoms with Gasteiger partial charge < -0.3 is 20.7 Å². The smallest absolute Gasteiger partial charge is 0.275 e. The Kier molecular flexibility index (Phi) is 10.0. The molecule has 2 fully saturated rings. The first kappa shape index (κ1) is 33.5. The number of hydrogen-bond donors (Lipinski definition) is 4. The molecule has 2 amide bonds. The molecular formula is C37H44ClN7O3. The number of amidine groups is 1. The number of ether oxygens (including phenoxy) is 1. The lowest BCUT2D eigenvalue weighted by molar-refractivity contribution is -0.134. The zero-order valence-corrected chi connectivity index (χ0v) is 28.2. The van der Waals surface area contributed by atoms with E-state index in [0.29, 0.717) is 52.0 Å². The Bertz CT molecular complexity index is 1680. The summed E-state index contributed by atoms with van der Waals surface area (Å²) in [5.41, 5.74) is 10.9. The van der Waals surface area contributed by atoms with Crippen LogP contribution in [0.15, 0.2) is 82.9 Å². The van der Waals surface area contributed by atoms with E-state index in [1.807, 2.05) is 54.6 Å².